The molecule has 1 aromatic heterocycles. The fourth-order valence-electron chi connectivity index (χ4n) is 5.07. The molecule has 0 atom stereocenters. The number of halogens is 3. The third kappa shape index (κ3) is 7.29. The van der Waals surface area contributed by atoms with Crippen molar-refractivity contribution in [1.82, 2.24) is 9.66 Å². The topological polar surface area (TPSA) is 104 Å². The monoisotopic (exact) mass is 778 g/mol. The van der Waals surface area contributed by atoms with Crippen molar-refractivity contribution in [3.8, 4) is 28.6 Å². The predicted octanol–water partition coefficient (Wildman–Crippen LogP) is 8.47. The number of anilines is 1. The molecular formula is C36H33Br2FN4O5. The summed E-state index contributed by atoms with van der Waals surface area (Å²) in [5, 5.41) is 7.58. The summed E-state index contributed by atoms with van der Waals surface area (Å²) in [5.41, 5.74) is 3.39. The highest BCUT2D eigenvalue weighted by Gasteiger charge is 2.21. The number of nitrogens with zero attached hydrogens (tertiary/aromatic N) is 3. The van der Waals surface area contributed by atoms with Crippen LogP contribution >= 0.6 is 31.9 Å². The van der Waals surface area contributed by atoms with Gasteiger partial charge >= 0.3 is 0 Å². The van der Waals surface area contributed by atoms with Crippen LogP contribution in [0.15, 0.2) is 85.6 Å². The lowest BCUT2D eigenvalue weighted by molar-refractivity contribution is -0.118. The first-order valence-electron chi connectivity index (χ1n) is 15.1. The Morgan fingerprint density at radius 1 is 1.04 bits per heavy atom. The van der Waals surface area contributed by atoms with Crippen molar-refractivity contribution in [2.24, 2.45) is 5.10 Å². The summed E-state index contributed by atoms with van der Waals surface area (Å²) in [6.45, 7) is 7.79. The Morgan fingerprint density at radius 3 is 2.48 bits per heavy atom. The van der Waals surface area contributed by atoms with Crippen LogP contribution in [0, 0.1) is 12.7 Å². The van der Waals surface area contributed by atoms with Crippen molar-refractivity contribution in [2.75, 3.05) is 25.6 Å². The number of fused-ring (bicyclic) bond motifs is 1. The van der Waals surface area contributed by atoms with Gasteiger partial charge in [0.15, 0.2) is 23.9 Å². The quantitative estimate of drug-likeness (QED) is 0.135. The molecule has 0 spiro atoms. The first-order chi connectivity index (χ1) is 23.0. The largest absolute Gasteiger partial charge is 0.496 e. The third-order valence-corrected chi connectivity index (χ3v) is 9.60. The molecule has 1 N–H and O–H groups in total. The number of rotatable bonds is 11. The summed E-state index contributed by atoms with van der Waals surface area (Å²) in [6, 6.07) is 18.6. The summed E-state index contributed by atoms with van der Waals surface area (Å²) in [5.74, 6) is 0.752. The second-order valence-corrected chi connectivity index (χ2v) is 12.6. The first-order valence-corrected chi connectivity index (χ1v) is 16.7. The molecule has 0 radical (unpaired) electrons. The van der Waals surface area contributed by atoms with Crippen LogP contribution in [0.25, 0.3) is 22.3 Å². The molecule has 1 heterocycles. The number of nitrogens with one attached hydrogen (secondary N) is 1. The summed E-state index contributed by atoms with van der Waals surface area (Å²) >= 11 is 7.15. The summed E-state index contributed by atoms with van der Waals surface area (Å²) < 4.78 is 33.7. The van der Waals surface area contributed by atoms with Crippen LogP contribution in [0.1, 0.15) is 43.4 Å². The number of benzene rings is 4. The van der Waals surface area contributed by atoms with Crippen molar-refractivity contribution >= 4 is 60.6 Å². The van der Waals surface area contributed by atoms with Crippen molar-refractivity contribution in [2.45, 2.75) is 33.6 Å². The van der Waals surface area contributed by atoms with E-state index in [0.29, 0.717) is 43.6 Å². The van der Waals surface area contributed by atoms with E-state index in [2.05, 4.69) is 56.1 Å². The Bertz CT molecular complexity index is 2100. The van der Waals surface area contributed by atoms with Crippen LogP contribution in [-0.4, -0.2) is 42.1 Å². The molecule has 1 amide bonds. The lowest BCUT2D eigenvalue weighted by Crippen LogP contribution is -2.21. The Morgan fingerprint density at radius 2 is 1.77 bits per heavy atom. The van der Waals surface area contributed by atoms with E-state index in [-0.39, 0.29) is 22.9 Å². The van der Waals surface area contributed by atoms with E-state index in [4.69, 9.17) is 19.2 Å². The van der Waals surface area contributed by atoms with Gasteiger partial charge in [-0.25, -0.2) is 9.37 Å². The highest BCUT2D eigenvalue weighted by molar-refractivity contribution is 9.13. The SMILES string of the molecule is CCOc1cc(C=Nn2c(-c3cc(C(C)C)c(OC)cc3C)nc3ccccc3c2=O)c(Br)c(Br)c1OCC(=O)Nc1ccccc1F. The van der Waals surface area contributed by atoms with Gasteiger partial charge in [0.2, 0.25) is 0 Å². The average Bonchev–Trinajstić information content (AvgIpc) is 3.07. The van der Waals surface area contributed by atoms with Gasteiger partial charge in [0, 0.05) is 15.6 Å². The molecule has 0 saturated heterocycles. The molecule has 248 valence electrons. The number of ether oxygens (including phenoxy) is 3. The zero-order chi connectivity index (χ0) is 34.5. The van der Waals surface area contributed by atoms with Gasteiger partial charge in [-0.05, 0) is 105 Å². The Labute approximate surface area is 294 Å². The van der Waals surface area contributed by atoms with Crippen LogP contribution in [0.5, 0.6) is 17.2 Å². The molecule has 12 heteroatoms. The fraction of sp³-hybridized carbons (Fsp3) is 0.222. The number of carbonyl (C=O) groups is 1. The zero-order valence-electron chi connectivity index (χ0n) is 26.9. The number of hydrogen-bond acceptors (Lipinski definition) is 7. The van der Waals surface area contributed by atoms with Gasteiger partial charge in [-0.3, -0.25) is 9.59 Å². The first kappa shape index (κ1) is 34.8. The number of amides is 1. The molecule has 0 saturated carbocycles. The van der Waals surface area contributed by atoms with Gasteiger partial charge in [0.05, 0.1) is 41.0 Å². The maximum Gasteiger partial charge on any atom is 0.282 e. The molecular weight excluding hydrogens is 747 g/mol. The lowest BCUT2D eigenvalue weighted by Gasteiger charge is -2.18. The van der Waals surface area contributed by atoms with Crippen LogP contribution in [-0.2, 0) is 4.79 Å². The molecule has 9 nitrogen and oxygen atoms in total. The Hall–Kier alpha value is -4.55. The summed E-state index contributed by atoms with van der Waals surface area (Å²) in [7, 11) is 1.64. The maximum atomic E-state index is 14.0. The smallest absolute Gasteiger partial charge is 0.282 e. The van der Waals surface area contributed by atoms with Crippen molar-refractivity contribution < 1.29 is 23.4 Å². The summed E-state index contributed by atoms with van der Waals surface area (Å²) in [6.07, 6.45) is 1.52. The van der Waals surface area contributed by atoms with E-state index in [1.807, 2.05) is 32.0 Å². The van der Waals surface area contributed by atoms with Crippen LogP contribution < -0.4 is 25.1 Å². The van der Waals surface area contributed by atoms with Gasteiger partial charge in [-0.1, -0.05) is 38.1 Å². The molecule has 0 bridgehead atoms. The van der Waals surface area contributed by atoms with Crippen molar-refractivity contribution in [3.63, 3.8) is 0 Å². The maximum absolute atomic E-state index is 14.0. The molecule has 5 rings (SSSR count). The second kappa shape index (κ2) is 15.1. The van der Waals surface area contributed by atoms with Gasteiger partial charge in [0.1, 0.15) is 11.6 Å². The molecule has 0 unspecified atom stereocenters. The minimum atomic E-state index is -0.556. The highest BCUT2D eigenvalue weighted by atomic mass is 79.9. The highest BCUT2D eigenvalue weighted by Crippen LogP contribution is 2.42. The minimum Gasteiger partial charge on any atom is -0.496 e. The van der Waals surface area contributed by atoms with Crippen LogP contribution in [0.4, 0.5) is 10.1 Å². The number of methoxy groups -OCH3 is 1. The van der Waals surface area contributed by atoms with E-state index in [9.17, 15) is 14.0 Å². The molecule has 48 heavy (non-hydrogen) atoms. The van der Waals surface area contributed by atoms with E-state index < -0.39 is 18.3 Å². The van der Waals surface area contributed by atoms with Gasteiger partial charge in [0.25, 0.3) is 11.5 Å². The molecule has 0 aliphatic rings. The van der Waals surface area contributed by atoms with Crippen LogP contribution in [0.3, 0.4) is 0 Å². The predicted molar refractivity (Wildman–Crippen MR) is 193 cm³/mol. The van der Waals surface area contributed by atoms with Crippen molar-refractivity contribution in [3.05, 3.63) is 109 Å². The Kier molecular flexibility index (Phi) is 11.0. The number of hydrogen-bond donors (Lipinski definition) is 1. The number of para-hydroxylation sites is 2. The van der Waals surface area contributed by atoms with Gasteiger partial charge in [-0.15, -0.1) is 0 Å². The lowest BCUT2D eigenvalue weighted by atomic mass is 9.96. The Balaban J connectivity index is 1.56. The molecule has 5 aromatic rings. The number of aromatic nitrogens is 2. The van der Waals surface area contributed by atoms with Gasteiger partial charge < -0.3 is 19.5 Å². The normalized spacial score (nSPS) is 11.4. The van der Waals surface area contributed by atoms with E-state index in [1.165, 1.54) is 29.1 Å². The zero-order valence-corrected chi connectivity index (χ0v) is 30.1. The molecule has 0 fully saturated rings. The molecule has 4 aromatic carbocycles. The fourth-order valence-corrected chi connectivity index (χ4v) is 6.01. The molecule has 0 aliphatic carbocycles. The second-order valence-electron chi connectivity index (χ2n) is 11.0. The molecule has 0 aliphatic heterocycles. The third-order valence-electron chi connectivity index (χ3n) is 7.46. The van der Waals surface area contributed by atoms with Gasteiger partial charge in [-0.2, -0.15) is 9.78 Å². The van der Waals surface area contributed by atoms with E-state index in [0.717, 1.165) is 22.4 Å². The van der Waals surface area contributed by atoms with Crippen molar-refractivity contribution in [1.29, 1.82) is 0 Å². The van der Waals surface area contributed by atoms with Crippen LogP contribution in [0.2, 0.25) is 0 Å². The van der Waals surface area contributed by atoms with E-state index >= 15 is 0 Å². The average molecular weight is 780 g/mol. The number of carbonyl (C=O) groups excluding carboxylic acids is 1. The standard InChI is InChI=1S/C36H33Br2FN4O5/c1-6-47-30-16-22(32(37)33(38)34(30)48-19-31(44)41-28-14-10-8-12-26(28)39)18-40-43-35(42-27-13-9-7-11-23(27)36(43)45)25-17-24(20(2)3)29(46-5)15-21(25)4/h7-18,20H,6,19H2,1-5H3,(H,41,44). The van der Waals surface area contributed by atoms with E-state index in [1.54, 1.807) is 37.4 Å². The minimum absolute atomic E-state index is 0.0472. The summed E-state index contributed by atoms with van der Waals surface area (Å²) in [4.78, 5) is 31.4. The number of aryl methyl sites for hydroxylation is 1.